The predicted molar refractivity (Wildman–Crippen MR) is 47.8 cm³/mol. The zero-order valence-electron chi connectivity index (χ0n) is 6.99. The van der Waals surface area contributed by atoms with Gasteiger partial charge in [-0.15, -0.1) is 0 Å². The Morgan fingerprint density at radius 1 is 1.67 bits per heavy atom. The normalized spacial score (nSPS) is 27.3. The molecule has 1 fully saturated rings. The van der Waals surface area contributed by atoms with E-state index in [1.54, 1.807) is 6.92 Å². The van der Waals surface area contributed by atoms with Crippen LogP contribution in [0.25, 0.3) is 0 Å². The fraction of sp³-hybridized carbons (Fsp3) is 1.00. The van der Waals surface area contributed by atoms with Gasteiger partial charge < -0.3 is 4.74 Å². The molecule has 0 aromatic rings. The van der Waals surface area contributed by atoms with Crippen molar-refractivity contribution in [3.63, 3.8) is 0 Å². The van der Waals surface area contributed by atoms with Gasteiger partial charge in [-0.2, -0.15) is 0 Å². The van der Waals surface area contributed by atoms with E-state index in [2.05, 4.69) is 0 Å². The van der Waals surface area contributed by atoms with Crippen molar-refractivity contribution >= 4 is 19.7 Å². The summed E-state index contributed by atoms with van der Waals surface area (Å²) in [7, 11) is 1.82. The highest BCUT2D eigenvalue weighted by atomic mass is 35.7. The van der Waals surface area contributed by atoms with E-state index < -0.39 is 14.3 Å². The van der Waals surface area contributed by atoms with E-state index >= 15 is 0 Å². The summed E-state index contributed by atoms with van der Waals surface area (Å²) in [5, 5.41) is -0.453. The van der Waals surface area contributed by atoms with Gasteiger partial charge in [0.15, 0.2) is 0 Å². The standard InChI is InChI=1S/C7H13ClO3S/c1-6(12(8,9)10)4-7-2-3-11-5-7/h6-7H,2-5H2,1H3. The van der Waals surface area contributed by atoms with E-state index in [1.165, 1.54) is 0 Å². The van der Waals surface area contributed by atoms with Crippen LogP contribution < -0.4 is 0 Å². The zero-order chi connectivity index (χ0) is 9.19. The largest absolute Gasteiger partial charge is 0.381 e. The van der Waals surface area contributed by atoms with Crippen LogP contribution in [0.15, 0.2) is 0 Å². The van der Waals surface area contributed by atoms with Gasteiger partial charge in [-0.1, -0.05) is 0 Å². The molecule has 5 heteroatoms. The van der Waals surface area contributed by atoms with Gasteiger partial charge in [-0.25, -0.2) is 8.42 Å². The van der Waals surface area contributed by atoms with E-state index in [-0.39, 0.29) is 0 Å². The molecule has 1 saturated heterocycles. The summed E-state index contributed by atoms with van der Waals surface area (Å²) in [4.78, 5) is 0. The third-order valence-corrected chi connectivity index (χ3v) is 4.24. The van der Waals surface area contributed by atoms with Gasteiger partial charge in [0.25, 0.3) is 0 Å². The fourth-order valence-corrected chi connectivity index (χ4v) is 2.07. The highest BCUT2D eigenvalue weighted by molar-refractivity contribution is 8.14. The summed E-state index contributed by atoms with van der Waals surface area (Å²) >= 11 is 0. The van der Waals surface area contributed by atoms with E-state index in [9.17, 15) is 8.42 Å². The van der Waals surface area contributed by atoms with E-state index in [0.717, 1.165) is 13.0 Å². The summed E-state index contributed by atoms with van der Waals surface area (Å²) in [5.41, 5.74) is 0. The van der Waals surface area contributed by atoms with Gasteiger partial charge in [-0.3, -0.25) is 0 Å². The van der Waals surface area contributed by atoms with Gasteiger partial charge in [0.05, 0.1) is 5.25 Å². The zero-order valence-corrected chi connectivity index (χ0v) is 8.57. The third-order valence-electron chi connectivity index (χ3n) is 2.17. The minimum atomic E-state index is -3.37. The molecule has 0 spiro atoms. The van der Waals surface area contributed by atoms with Crippen LogP contribution in [0, 0.1) is 5.92 Å². The number of hydrogen-bond donors (Lipinski definition) is 0. The average Bonchev–Trinajstić information content (AvgIpc) is 2.37. The molecule has 3 nitrogen and oxygen atoms in total. The Bertz CT molecular complexity index is 231. The van der Waals surface area contributed by atoms with Crippen LogP contribution in [0.1, 0.15) is 19.8 Å². The van der Waals surface area contributed by atoms with E-state index in [4.69, 9.17) is 15.4 Å². The highest BCUT2D eigenvalue weighted by Crippen LogP contribution is 2.22. The molecule has 1 aliphatic heterocycles. The van der Waals surface area contributed by atoms with E-state index in [1.807, 2.05) is 0 Å². The Morgan fingerprint density at radius 2 is 2.33 bits per heavy atom. The highest BCUT2D eigenvalue weighted by Gasteiger charge is 2.24. The lowest BCUT2D eigenvalue weighted by Crippen LogP contribution is -2.16. The number of halogens is 1. The number of hydrogen-bond acceptors (Lipinski definition) is 3. The molecule has 2 unspecified atom stereocenters. The minimum Gasteiger partial charge on any atom is -0.381 e. The predicted octanol–water partition coefficient (Wildman–Crippen LogP) is 1.37. The van der Waals surface area contributed by atoms with Crippen molar-refractivity contribution in [2.24, 2.45) is 5.92 Å². The maximum atomic E-state index is 10.8. The van der Waals surface area contributed by atoms with Crippen LogP contribution >= 0.6 is 10.7 Å². The Kier molecular flexibility index (Phi) is 3.37. The van der Waals surface area contributed by atoms with Gasteiger partial charge in [0, 0.05) is 23.9 Å². The quantitative estimate of drug-likeness (QED) is 0.664. The second kappa shape index (κ2) is 3.94. The summed E-state index contributed by atoms with van der Waals surface area (Å²) in [6.07, 6.45) is 1.57. The molecule has 1 heterocycles. The molecule has 1 rings (SSSR count). The number of rotatable bonds is 3. The van der Waals surface area contributed by atoms with Crippen LogP contribution in [0.2, 0.25) is 0 Å². The first-order valence-corrected chi connectivity index (χ1v) is 6.38. The van der Waals surface area contributed by atoms with Crippen LogP contribution in [-0.2, 0) is 13.8 Å². The van der Waals surface area contributed by atoms with Crippen LogP contribution in [0.4, 0.5) is 0 Å². The first-order chi connectivity index (χ1) is 5.50. The first kappa shape index (κ1) is 10.3. The minimum absolute atomic E-state index is 0.369. The molecule has 2 atom stereocenters. The van der Waals surface area contributed by atoms with Crippen molar-refractivity contribution in [2.45, 2.75) is 25.0 Å². The summed E-state index contributed by atoms with van der Waals surface area (Å²) in [5.74, 6) is 0.369. The Hall–Kier alpha value is 0.200. The molecule has 72 valence electrons. The summed E-state index contributed by atoms with van der Waals surface area (Å²) < 4.78 is 26.8. The Morgan fingerprint density at radius 3 is 2.75 bits per heavy atom. The topological polar surface area (TPSA) is 43.4 Å². The molecular weight excluding hydrogens is 200 g/mol. The molecule has 0 bridgehead atoms. The molecular formula is C7H13ClO3S. The average molecular weight is 213 g/mol. The Labute approximate surface area is 77.5 Å². The molecule has 12 heavy (non-hydrogen) atoms. The molecule has 0 amide bonds. The SMILES string of the molecule is CC(CC1CCOC1)S(=O)(=O)Cl. The van der Waals surface area contributed by atoms with Crippen molar-refractivity contribution in [3.05, 3.63) is 0 Å². The molecule has 0 aliphatic carbocycles. The summed E-state index contributed by atoms with van der Waals surface area (Å²) in [6.45, 7) is 3.07. The fourth-order valence-electron chi connectivity index (χ4n) is 1.35. The van der Waals surface area contributed by atoms with Crippen LogP contribution in [0.3, 0.4) is 0 Å². The molecule has 0 radical (unpaired) electrons. The van der Waals surface area contributed by atoms with Crippen molar-refractivity contribution in [3.8, 4) is 0 Å². The molecule has 0 aromatic carbocycles. The summed E-state index contributed by atoms with van der Waals surface area (Å²) in [6, 6.07) is 0. The van der Waals surface area contributed by atoms with Gasteiger partial charge in [0.1, 0.15) is 0 Å². The van der Waals surface area contributed by atoms with Gasteiger partial charge >= 0.3 is 0 Å². The molecule has 0 aromatic heterocycles. The van der Waals surface area contributed by atoms with Crippen molar-refractivity contribution in [1.82, 2.24) is 0 Å². The van der Waals surface area contributed by atoms with Crippen molar-refractivity contribution < 1.29 is 13.2 Å². The third kappa shape index (κ3) is 2.92. The van der Waals surface area contributed by atoms with Crippen LogP contribution in [-0.4, -0.2) is 26.9 Å². The Balaban J connectivity index is 2.40. The second-order valence-electron chi connectivity index (χ2n) is 3.25. The maximum Gasteiger partial charge on any atom is 0.235 e. The number of ether oxygens (including phenoxy) is 1. The molecule has 1 aliphatic rings. The van der Waals surface area contributed by atoms with Crippen LogP contribution in [0.5, 0.6) is 0 Å². The monoisotopic (exact) mass is 212 g/mol. The lowest BCUT2D eigenvalue weighted by atomic mass is 10.0. The lowest BCUT2D eigenvalue weighted by molar-refractivity contribution is 0.184. The smallest absolute Gasteiger partial charge is 0.235 e. The molecule has 0 saturated carbocycles. The first-order valence-electron chi connectivity index (χ1n) is 4.01. The van der Waals surface area contributed by atoms with Crippen molar-refractivity contribution in [1.29, 1.82) is 0 Å². The molecule has 0 N–H and O–H groups in total. The lowest BCUT2D eigenvalue weighted by Gasteiger charge is -2.11. The van der Waals surface area contributed by atoms with Gasteiger partial charge in [0.2, 0.25) is 9.05 Å². The van der Waals surface area contributed by atoms with E-state index in [0.29, 0.717) is 18.9 Å². The maximum absolute atomic E-state index is 10.8. The second-order valence-corrected chi connectivity index (χ2v) is 6.30. The van der Waals surface area contributed by atoms with Crippen molar-refractivity contribution in [2.75, 3.05) is 13.2 Å². The van der Waals surface area contributed by atoms with Gasteiger partial charge in [-0.05, 0) is 25.7 Å².